The van der Waals surface area contributed by atoms with Crippen molar-refractivity contribution in [2.45, 2.75) is 50.4 Å². The number of hydrogen-bond acceptors (Lipinski definition) is 2. The van der Waals surface area contributed by atoms with E-state index in [1.807, 2.05) is 24.3 Å². The summed E-state index contributed by atoms with van der Waals surface area (Å²) in [6.45, 7) is 0. The van der Waals surface area contributed by atoms with Crippen LogP contribution in [-0.2, 0) is 15.0 Å². The summed E-state index contributed by atoms with van der Waals surface area (Å²) in [5.41, 5.74) is 0.802. The van der Waals surface area contributed by atoms with Crippen LogP contribution in [0, 0.1) is 11.8 Å². The standard InChI is InChI=1S/C18H21ClO2/c19-16-7-5-15(6-8-16)18(9-2-10-18)17(21)14-4-1-3-13(11-14)12-20/h5-8,12-14H,1-4,9-11H2. The van der Waals surface area contributed by atoms with Crippen LogP contribution in [0.5, 0.6) is 0 Å². The minimum atomic E-state index is -0.306. The summed E-state index contributed by atoms with van der Waals surface area (Å²) in [6.07, 6.45) is 7.66. The molecule has 2 atom stereocenters. The van der Waals surface area contributed by atoms with Crippen LogP contribution in [0.1, 0.15) is 50.5 Å². The Bertz CT molecular complexity index is 531. The van der Waals surface area contributed by atoms with Crippen molar-refractivity contribution in [3.63, 3.8) is 0 Å². The van der Waals surface area contributed by atoms with Gasteiger partial charge in [0.2, 0.25) is 0 Å². The largest absolute Gasteiger partial charge is 0.303 e. The van der Waals surface area contributed by atoms with E-state index < -0.39 is 0 Å². The highest BCUT2D eigenvalue weighted by atomic mass is 35.5. The van der Waals surface area contributed by atoms with Gasteiger partial charge in [0, 0.05) is 16.9 Å². The molecule has 0 spiro atoms. The number of carbonyl (C=O) groups excluding carboxylic acids is 2. The molecule has 0 radical (unpaired) electrons. The van der Waals surface area contributed by atoms with Crippen LogP contribution in [0.2, 0.25) is 5.02 Å². The zero-order chi connectivity index (χ0) is 14.9. The lowest BCUT2D eigenvalue weighted by Gasteiger charge is -2.44. The molecule has 2 aliphatic rings. The van der Waals surface area contributed by atoms with Gasteiger partial charge in [0.05, 0.1) is 5.41 Å². The molecule has 2 fully saturated rings. The van der Waals surface area contributed by atoms with Crippen LogP contribution < -0.4 is 0 Å². The molecule has 3 rings (SSSR count). The summed E-state index contributed by atoms with van der Waals surface area (Å²) < 4.78 is 0. The fourth-order valence-corrected chi connectivity index (χ4v) is 4.08. The molecule has 0 aromatic heterocycles. The van der Waals surface area contributed by atoms with Crippen molar-refractivity contribution in [2.75, 3.05) is 0 Å². The Morgan fingerprint density at radius 2 is 1.86 bits per heavy atom. The van der Waals surface area contributed by atoms with E-state index in [1.165, 1.54) is 0 Å². The Kier molecular flexibility index (Phi) is 4.17. The first kappa shape index (κ1) is 14.8. The van der Waals surface area contributed by atoms with E-state index in [-0.39, 0.29) is 17.3 Å². The van der Waals surface area contributed by atoms with E-state index in [9.17, 15) is 9.59 Å². The Morgan fingerprint density at radius 3 is 2.43 bits per heavy atom. The maximum absolute atomic E-state index is 13.1. The number of rotatable bonds is 4. The Hall–Kier alpha value is -1.15. The fourth-order valence-electron chi connectivity index (χ4n) is 3.96. The van der Waals surface area contributed by atoms with E-state index >= 15 is 0 Å². The van der Waals surface area contributed by atoms with Crippen molar-refractivity contribution in [3.05, 3.63) is 34.9 Å². The highest BCUT2D eigenvalue weighted by molar-refractivity contribution is 6.30. The molecule has 0 N–H and O–H groups in total. The summed E-state index contributed by atoms with van der Waals surface area (Å²) in [4.78, 5) is 24.1. The van der Waals surface area contributed by atoms with Gasteiger partial charge >= 0.3 is 0 Å². The number of halogens is 1. The minimum absolute atomic E-state index is 0.0601. The van der Waals surface area contributed by atoms with Crippen LogP contribution in [0.4, 0.5) is 0 Å². The van der Waals surface area contributed by atoms with Crippen LogP contribution >= 0.6 is 11.6 Å². The number of hydrogen-bond donors (Lipinski definition) is 0. The molecule has 2 nitrogen and oxygen atoms in total. The minimum Gasteiger partial charge on any atom is -0.303 e. The number of carbonyl (C=O) groups is 2. The number of aldehydes is 1. The first-order valence-corrected chi connectivity index (χ1v) is 8.29. The van der Waals surface area contributed by atoms with Gasteiger partial charge < -0.3 is 4.79 Å². The summed E-state index contributed by atoms with van der Waals surface area (Å²) in [5, 5.41) is 0.708. The molecule has 112 valence electrons. The second kappa shape index (κ2) is 5.92. The normalized spacial score (nSPS) is 27.7. The second-order valence-electron chi connectivity index (χ2n) is 6.57. The third-order valence-corrected chi connectivity index (χ3v) is 5.61. The van der Waals surface area contributed by atoms with E-state index in [0.717, 1.165) is 56.8 Å². The first-order valence-electron chi connectivity index (χ1n) is 7.91. The maximum atomic E-state index is 13.1. The lowest BCUT2D eigenvalue weighted by molar-refractivity contribution is -0.133. The van der Waals surface area contributed by atoms with Crippen LogP contribution in [-0.4, -0.2) is 12.1 Å². The van der Waals surface area contributed by atoms with Gasteiger partial charge in [-0.3, -0.25) is 4.79 Å². The van der Waals surface area contributed by atoms with E-state index in [1.54, 1.807) is 0 Å². The van der Waals surface area contributed by atoms with Gasteiger partial charge in [-0.2, -0.15) is 0 Å². The number of benzene rings is 1. The zero-order valence-corrected chi connectivity index (χ0v) is 12.9. The van der Waals surface area contributed by atoms with Gasteiger partial charge in [-0.15, -0.1) is 0 Å². The summed E-state index contributed by atoms with van der Waals surface area (Å²) in [5.74, 6) is 0.502. The van der Waals surface area contributed by atoms with Gasteiger partial charge in [0.1, 0.15) is 12.1 Å². The molecule has 3 heteroatoms. The molecule has 0 saturated heterocycles. The second-order valence-corrected chi connectivity index (χ2v) is 7.00. The van der Waals surface area contributed by atoms with Crippen molar-refractivity contribution in [2.24, 2.45) is 11.8 Å². The van der Waals surface area contributed by atoms with Crippen LogP contribution in [0.3, 0.4) is 0 Å². The van der Waals surface area contributed by atoms with Gasteiger partial charge in [-0.25, -0.2) is 0 Å². The lowest BCUT2D eigenvalue weighted by atomic mass is 9.58. The molecular formula is C18H21ClO2. The quantitative estimate of drug-likeness (QED) is 0.776. The van der Waals surface area contributed by atoms with Gasteiger partial charge in [0.25, 0.3) is 0 Å². The molecular weight excluding hydrogens is 284 g/mol. The van der Waals surface area contributed by atoms with Crippen molar-refractivity contribution >= 4 is 23.7 Å². The molecule has 2 aliphatic carbocycles. The van der Waals surface area contributed by atoms with Gasteiger partial charge in [0.15, 0.2) is 0 Å². The SMILES string of the molecule is O=CC1CCCC(C(=O)C2(c3ccc(Cl)cc3)CCC2)C1. The topological polar surface area (TPSA) is 34.1 Å². The van der Waals surface area contributed by atoms with Crippen LogP contribution in [0.25, 0.3) is 0 Å². The summed E-state index contributed by atoms with van der Waals surface area (Å²) in [7, 11) is 0. The lowest BCUT2D eigenvalue weighted by Crippen LogP contribution is -2.46. The highest BCUT2D eigenvalue weighted by Gasteiger charge is 2.48. The highest BCUT2D eigenvalue weighted by Crippen LogP contribution is 2.48. The van der Waals surface area contributed by atoms with Crippen molar-refractivity contribution in [1.29, 1.82) is 0 Å². The third-order valence-electron chi connectivity index (χ3n) is 5.35. The Balaban J connectivity index is 1.83. The number of Topliss-reactive ketones (excluding diaryl/α,β-unsaturated/α-hetero) is 1. The molecule has 0 amide bonds. The molecule has 0 bridgehead atoms. The van der Waals surface area contributed by atoms with Crippen molar-refractivity contribution < 1.29 is 9.59 Å². The van der Waals surface area contributed by atoms with E-state index in [4.69, 9.17) is 11.6 Å². The Labute approximate surface area is 130 Å². The Morgan fingerprint density at radius 1 is 1.14 bits per heavy atom. The van der Waals surface area contributed by atoms with E-state index in [2.05, 4.69) is 0 Å². The molecule has 0 aliphatic heterocycles. The smallest absolute Gasteiger partial charge is 0.146 e. The van der Waals surface area contributed by atoms with Crippen molar-refractivity contribution in [1.82, 2.24) is 0 Å². The van der Waals surface area contributed by atoms with E-state index in [0.29, 0.717) is 10.8 Å². The molecule has 2 saturated carbocycles. The van der Waals surface area contributed by atoms with Gasteiger partial charge in [-0.05, 0) is 49.8 Å². The molecule has 1 aromatic rings. The molecule has 21 heavy (non-hydrogen) atoms. The predicted octanol–water partition coefficient (Wildman–Crippen LogP) is 4.34. The summed E-state index contributed by atoms with van der Waals surface area (Å²) in [6, 6.07) is 7.75. The predicted molar refractivity (Wildman–Crippen MR) is 83.5 cm³/mol. The average Bonchev–Trinajstić information content (AvgIpc) is 2.48. The number of ketones is 1. The average molecular weight is 305 g/mol. The third kappa shape index (κ3) is 2.66. The fraction of sp³-hybridized carbons (Fsp3) is 0.556. The first-order chi connectivity index (χ1) is 10.2. The zero-order valence-electron chi connectivity index (χ0n) is 12.2. The molecule has 2 unspecified atom stereocenters. The summed E-state index contributed by atoms with van der Waals surface area (Å²) >= 11 is 5.97. The monoisotopic (exact) mass is 304 g/mol. The molecule has 1 aromatic carbocycles. The van der Waals surface area contributed by atoms with Crippen LogP contribution in [0.15, 0.2) is 24.3 Å². The van der Waals surface area contributed by atoms with Gasteiger partial charge in [-0.1, -0.05) is 36.6 Å². The van der Waals surface area contributed by atoms with Crippen molar-refractivity contribution in [3.8, 4) is 0 Å². The molecule has 0 heterocycles. The maximum Gasteiger partial charge on any atom is 0.146 e.